The van der Waals surface area contributed by atoms with E-state index in [2.05, 4.69) is 10.3 Å². The van der Waals surface area contributed by atoms with Crippen molar-refractivity contribution in [3.63, 3.8) is 0 Å². The van der Waals surface area contributed by atoms with E-state index in [-0.39, 0.29) is 5.56 Å². The molecule has 1 heterocycles. The second-order valence-electron chi connectivity index (χ2n) is 6.83. The van der Waals surface area contributed by atoms with Crippen molar-refractivity contribution < 1.29 is 18.7 Å². The molecule has 1 N–H and O–H groups in total. The molecule has 0 aliphatic rings. The van der Waals surface area contributed by atoms with E-state index in [1.54, 1.807) is 48.5 Å². The third-order valence-corrected chi connectivity index (χ3v) is 5.15. The Morgan fingerprint density at radius 1 is 0.969 bits per heavy atom. The number of pyridine rings is 1. The van der Waals surface area contributed by atoms with Crippen molar-refractivity contribution in [2.45, 2.75) is 0 Å². The van der Waals surface area contributed by atoms with Crippen LogP contribution in [0.25, 0.3) is 22.2 Å². The first-order valence-corrected chi connectivity index (χ1v) is 10.2. The topological polar surface area (TPSA) is 68.3 Å². The highest BCUT2D eigenvalue weighted by molar-refractivity contribution is 6.36. The lowest BCUT2D eigenvalue weighted by atomic mass is 10.0. The first-order valence-electron chi connectivity index (χ1n) is 9.48. The third kappa shape index (κ3) is 4.88. The number of aromatic nitrogens is 1. The molecule has 0 saturated carbocycles. The van der Waals surface area contributed by atoms with Crippen LogP contribution in [0.4, 0.5) is 10.1 Å². The Bertz CT molecular complexity index is 1330. The zero-order valence-electron chi connectivity index (χ0n) is 16.4. The SMILES string of the molecule is O=C(COC(=O)c1cc(-c2ccc(Cl)cc2Cl)nc2ccccc12)Nc1ccc(F)cc1. The zero-order chi connectivity index (χ0) is 22.7. The molecule has 0 fully saturated rings. The molecule has 0 unspecified atom stereocenters. The van der Waals surface area contributed by atoms with Gasteiger partial charge in [0.15, 0.2) is 6.61 Å². The van der Waals surface area contributed by atoms with Gasteiger partial charge in [0.1, 0.15) is 5.82 Å². The standard InChI is InChI=1S/C24H15Cl2FN2O3/c25-14-5-10-18(20(26)11-14)22-12-19(17-3-1-2-4-21(17)29-22)24(31)32-13-23(30)28-16-8-6-15(27)7-9-16/h1-12H,13H2,(H,28,30). The molecule has 0 bridgehead atoms. The Labute approximate surface area is 192 Å². The van der Waals surface area contributed by atoms with Gasteiger partial charge in [-0.15, -0.1) is 0 Å². The lowest BCUT2D eigenvalue weighted by Crippen LogP contribution is -2.21. The van der Waals surface area contributed by atoms with Gasteiger partial charge in [-0.3, -0.25) is 4.79 Å². The van der Waals surface area contributed by atoms with Gasteiger partial charge in [-0.2, -0.15) is 0 Å². The van der Waals surface area contributed by atoms with E-state index in [4.69, 9.17) is 27.9 Å². The fourth-order valence-corrected chi connectivity index (χ4v) is 3.62. The lowest BCUT2D eigenvalue weighted by molar-refractivity contribution is -0.119. The Kier molecular flexibility index (Phi) is 6.35. The number of rotatable bonds is 5. The number of esters is 1. The van der Waals surface area contributed by atoms with E-state index in [1.165, 1.54) is 24.3 Å². The van der Waals surface area contributed by atoms with Crippen LogP contribution in [0.15, 0.2) is 72.8 Å². The number of carbonyl (C=O) groups excluding carboxylic acids is 2. The predicted octanol–water partition coefficient (Wildman–Crippen LogP) is 6.14. The van der Waals surface area contributed by atoms with Crippen LogP contribution in [-0.2, 0) is 9.53 Å². The van der Waals surface area contributed by atoms with Gasteiger partial charge in [0.2, 0.25) is 0 Å². The molecular weight excluding hydrogens is 454 g/mol. The van der Waals surface area contributed by atoms with Gasteiger partial charge in [-0.25, -0.2) is 14.2 Å². The molecule has 4 aromatic rings. The van der Waals surface area contributed by atoms with Crippen molar-refractivity contribution in [2.24, 2.45) is 0 Å². The van der Waals surface area contributed by atoms with Crippen LogP contribution in [0.3, 0.4) is 0 Å². The normalized spacial score (nSPS) is 10.7. The Hall–Kier alpha value is -3.48. The molecular formula is C24H15Cl2FN2O3. The van der Waals surface area contributed by atoms with Crippen LogP contribution in [0, 0.1) is 5.82 Å². The molecule has 4 rings (SSSR count). The molecule has 0 saturated heterocycles. The maximum atomic E-state index is 13.0. The number of para-hydroxylation sites is 1. The maximum Gasteiger partial charge on any atom is 0.339 e. The molecule has 5 nitrogen and oxygen atoms in total. The summed E-state index contributed by atoms with van der Waals surface area (Å²) < 4.78 is 18.2. The van der Waals surface area contributed by atoms with Gasteiger partial charge in [0, 0.05) is 21.7 Å². The van der Waals surface area contributed by atoms with Crippen LogP contribution in [0.2, 0.25) is 10.0 Å². The highest BCUT2D eigenvalue weighted by Gasteiger charge is 2.17. The Morgan fingerprint density at radius 3 is 2.47 bits per heavy atom. The van der Waals surface area contributed by atoms with Gasteiger partial charge in [-0.1, -0.05) is 41.4 Å². The monoisotopic (exact) mass is 468 g/mol. The van der Waals surface area contributed by atoms with E-state index in [0.29, 0.717) is 37.9 Å². The number of anilines is 1. The smallest absolute Gasteiger partial charge is 0.339 e. The number of ether oxygens (including phenoxy) is 1. The van der Waals surface area contributed by atoms with E-state index in [9.17, 15) is 14.0 Å². The van der Waals surface area contributed by atoms with E-state index in [0.717, 1.165) is 0 Å². The summed E-state index contributed by atoms with van der Waals surface area (Å²) in [5, 5.41) is 3.98. The maximum absolute atomic E-state index is 13.0. The van der Waals surface area contributed by atoms with Gasteiger partial charge in [-0.05, 0) is 54.6 Å². The fraction of sp³-hybridized carbons (Fsp3) is 0.0417. The van der Waals surface area contributed by atoms with Crippen LogP contribution >= 0.6 is 23.2 Å². The lowest BCUT2D eigenvalue weighted by Gasteiger charge is -2.11. The number of fused-ring (bicyclic) bond motifs is 1. The molecule has 1 aromatic heterocycles. The molecule has 0 aliphatic carbocycles. The summed E-state index contributed by atoms with van der Waals surface area (Å²) in [5.41, 5.74) is 2.27. The first kappa shape index (κ1) is 21.7. The summed E-state index contributed by atoms with van der Waals surface area (Å²) in [4.78, 5) is 29.6. The molecule has 1 amide bonds. The summed E-state index contributed by atoms with van der Waals surface area (Å²) in [5.74, 6) is -1.66. The van der Waals surface area contributed by atoms with E-state index in [1.807, 2.05) is 0 Å². The van der Waals surface area contributed by atoms with Gasteiger partial charge < -0.3 is 10.1 Å². The minimum atomic E-state index is -0.691. The summed E-state index contributed by atoms with van der Waals surface area (Å²) >= 11 is 12.3. The Morgan fingerprint density at radius 2 is 1.72 bits per heavy atom. The minimum absolute atomic E-state index is 0.242. The third-order valence-electron chi connectivity index (χ3n) is 4.61. The van der Waals surface area contributed by atoms with Crippen LogP contribution in [-0.4, -0.2) is 23.5 Å². The molecule has 0 radical (unpaired) electrons. The summed E-state index contributed by atoms with van der Waals surface area (Å²) in [6.07, 6.45) is 0. The van der Waals surface area contributed by atoms with Crippen LogP contribution in [0.1, 0.15) is 10.4 Å². The van der Waals surface area contributed by atoms with Gasteiger partial charge in [0.25, 0.3) is 5.91 Å². The number of nitrogens with zero attached hydrogens (tertiary/aromatic N) is 1. The van der Waals surface area contributed by atoms with E-state index < -0.39 is 24.3 Å². The molecule has 0 atom stereocenters. The van der Waals surface area contributed by atoms with Crippen molar-refractivity contribution in [1.82, 2.24) is 4.98 Å². The number of benzene rings is 3. The minimum Gasteiger partial charge on any atom is -0.452 e. The predicted molar refractivity (Wildman–Crippen MR) is 123 cm³/mol. The number of hydrogen-bond acceptors (Lipinski definition) is 4. The summed E-state index contributed by atoms with van der Waals surface area (Å²) in [7, 11) is 0. The Balaban J connectivity index is 1.59. The largest absolute Gasteiger partial charge is 0.452 e. The average molecular weight is 469 g/mol. The quantitative estimate of drug-likeness (QED) is 0.357. The number of carbonyl (C=O) groups is 2. The zero-order valence-corrected chi connectivity index (χ0v) is 18.0. The second-order valence-corrected chi connectivity index (χ2v) is 7.67. The van der Waals surface area contributed by atoms with Crippen LogP contribution in [0.5, 0.6) is 0 Å². The van der Waals surface area contributed by atoms with Crippen molar-refractivity contribution >= 4 is 51.7 Å². The number of amides is 1. The number of hydrogen-bond donors (Lipinski definition) is 1. The molecule has 0 aliphatic heterocycles. The van der Waals surface area contributed by atoms with Crippen molar-refractivity contribution in [3.8, 4) is 11.3 Å². The molecule has 8 heteroatoms. The van der Waals surface area contributed by atoms with Crippen LogP contribution < -0.4 is 5.32 Å². The second kappa shape index (κ2) is 9.34. The van der Waals surface area contributed by atoms with Crippen molar-refractivity contribution in [3.05, 3.63) is 94.2 Å². The van der Waals surface area contributed by atoms with E-state index >= 15 is 0 Å². The molecule has 0 spiro atoms. The molecule has 3 aromatic carbocycles. The van der Waals surface area contributed by atoms with Gasteiger partial charge in [0.05, 0.1) is 21.8 Å². The first-order chi connectivity index (χ1) is 15.4. The van der Waals surface area contributed by atoms with Crippen molar-refractivity contribution in [1.29, 1.82) is 0 Å². The fourth-order valence-electron chi connectivity index (χ4n) is 3.12. The molecule has 160 valence electrons. The highest BCUT2D eigenvalue weighted by Crippen LogP contribution is 2.32. The number of halogens is 3. The number of nitrogens with one attached hydrogen (secondary N) is 1. The highest BCUT2D eigenvalue weighted by atomic mass is 35.5. The summed E-state index contributed by atoms with van der Waals surface area (Å²) in [6.45, 7) is -0.510. The molecule has 32 heavy (non-hydrogen) atoms. The average Bonchev–Trinajstić information content (AvgIpc) is 2.78. The van der Waals surface area contributed by atoms with Crippen molar-refractivity contribution in [2.75, 3.05) is 11.9 Å². The van der Waals surface area contributed by atoms with Gasteiger partial charge >= 0.3 is 5.97 Å². The summed E-state index contributed by atoms with van der Waals surface area (Å²) in [6, 6.07) is 18.9.